The molecular formula is C116H78N2S2. The molecule has 2 heterocycles. The lowest BCUT2D eigenvalue weighted by Crippen LogP contribution is -2.28. The van der Waals surface area contributed by atoms with Crippen molar-refractivity contribution in [2.24, 2.45) is 0 Å². The van der Waals surface area contributed by atoms with E-state index in [0.717, 1.165) is 34.1 Å². The molecule has 0 spiro atoms. The lowest BCUT2D eigenvalue weighted by Gasteiger charge is -2.35. The van der Waals surface area contributed by atoms with Crippen molar-refractivity contribution in [3.8, 4) is 77.9 Å². The molecule has 120 heavy (non-hydrogen) atoms. The van der Waals surface area contributed by atoms with Crippen molar-refractivity contribution in [3.05, 3.63) is 518 Å². The maximum Gasteiger partial charge on any atom is 0.0714 e. The van der Waals surface area contributed by atoms with Gasteiger partial charge in [-0.25, -0.2) is 0 Å². The fraction of sp³-hybridized carbons (Fsp3) is 0.0172. The molecule has 0 atom stereocenters. The molecule has 0 saturated carbocycles. The molecule has 23 rings (SSSR count). The van der Waals surface area contributed by atoms with E-state index in [-0.39, 0.29) is 0 Å². The first-order chi connectivity index (χ1) is 59.5. The average Bonchev–Trinajstić information content (AvgIpc) is 1.52. The van der Waals surface area contributed by atoms with Gasteiger partial charge in [-0.2, -0.15) is 0 Å². The van der Waals surface area contributed by atoms with Gasteiger partial charge in [-0.3, -0.25) is 0 Å². The number of thiophene rings is 2. The molecule has 19 aromatic carbocycles. The monoisotopic (exact) mass is 1560 g/mol. The number of benzene rings is 19. The highest BCUT2D eigenvalue weighted by Gasteiger charge is 2.48. The molecule has 0 aliphatic heterocycles. The van der Waals surface area contributed by atoms with Gasteiger partial charge in [-0.05, 0) is 244 Å². The summed E-state index contributed by atoms with van der Waals surface area (Å²) in [4.78, 5) is 4.77. The second-order valence-corrected chi connectivity index (χ2v) is 33.5. The van der Waals surface area contributed by atoms with Crippen molar-refractivity contribution >= 4 is 97.1 Å². The van der Waals surface area contributed by atoms with Crippen LogP contribution in [0.4, 0.5) is 34.1 Å². The van der Waals surface area contributed by atoms with Crippen LogP contribution in [0.25, 0.3) is 118 Å². The Morgan fingerprint density at radius 2 is 0.425 bits per heavy atom. The molecule has 0 saturated heterocycles. The highest BCUT2D eigenvalue weighted by molar-refractivity contribution is 7.26. The zero-order chi connectivity index (χ0) is 79.5. The van der Waals surface area contributed by atoms with Crippen molar-refractivity contribution in [2.45, 2.75) is 10.8 Å². The third-order valence-corrected chi connectivity index (χ3v) is 27.0. The summed E-state index contributed by atoms with van der Waals surface area (Å²) < 4.78 is 5.13. The lowest BCUT2D eigenvalue weighted by atomic mass is 9.66. The van der Waals surface area contributed by atoms with Gasteiger partial charge in [0, 0.05) is 74.5 Å². The third kappa shape index (κ3) is 12.4. The van der Waals surface area contributed by atoms with Crippen LogP contribution in [0.5, 0.6) is 0 Å². The molecule has 0 radical (unpaired) electrons. The Hall–Kier alpha value is -14.8. The third-order valence-electron chi connectivity index (χ3n) is 24.7. The molecule has 2 aliphatic rings. The molecular weight excluding hydrogens is 1490 g/mol. The number of nitrogens with zero attached hydrogens (tertiary/aromatic N) is 2. The van der Waals surface area contributed by atoms with E-state index in [0.29, 0.717) is 0 Å². The molecule has 21 aromatic rings. The Kier molecular flexibility index (Phi) is 18.2. The minimum absolute atomic E-state index is 0.418. The summed E-state index contributed by atoms with van der Waals surface area (Å²) >= 11 is 3.76. The van der Waals surface area contributed by atoms with Gasteiger partial charge in [0.1, 0.15) is 0 Å². The molecule has 0 N–H and O–H groups in total. The second-order valence-electron chi connectivity index (χ2n) is 31.3. The van der Waals surface area contributed by atoms with E-state index in [2.05, 4.69) is 483 Å². The zero-order valence-electron chi connectivity index (χ0n) is 65.7. The number of rotatable bonds is 15. The molecule has 0 bridgehead atoms. The van der Waals surface area contributed by atoms with Gasteiger partial charge in [0.25, 0.3) is 0 Å². The van der Waals surface area contributed by atoms with Crippen molar-refractivity contribution in [1.82, 2.24) is 0 Å². The smallest absolute Gasteiger partial charge is 0.0714 e. The number of fused-ring (bicyclic) bond motifs is 12. The van der Waals surface area contributed by atoms with Gasteiger partial charge >= 0.3 is 0 Å². The number of anilines is 6. The van der Waals surface area contributed by atoms with E-state index in [4.69, 9.17) is 0 Å². The van der Waals surface area contributed by atoms with Gasteiger partial charge in [-0.15, -0.1) is 22.7 Å². The largest absolute Gasteiger partial charge is 0.310 e. The molecule has 2 nitrogen and oxygen atoms in total. The van der Waals surface area contributed by atoms with Crippen LogP contribution in [0.15, 0.2) is 473 Å². The van der Waals surface area contributed by atoms with Crippen LogP contribution in [0.3, 0.4) is 0 Å². The molecule has 2 aromatic heterocycles. The SMILES string of the molecule is c1ccc(-c2ccc(N(c3ccc(-c4ccccc4)cc3)c3ccc4sc5cc(C6(c7ccccc7)c7ccccc7-c7ccccc76)ccc5c4c3)cc2)cc1.c1ccc(-c2ccc(N(c3ccccc3)c3ccc4sc5ccc(C6(c7cc(-c8ccccc8)cc(-c8ccccc8)c7)c7ccccc7-c7ccccc76)cc5c4c3)cc2)cc1. The highest BCUT2D eigenvalue weighted by atomic mass is 32.1. The quantitative estimate of drug-likeness (QED) is 0.101. The summed E-state index contributed by atoms with van der Waals surface area (Å²) in [5.74, 6) is 0. The zero-order valence-corrected chi connectivity index (χ0v) is 67.4. The van der Waals surface area contributed by atoms with E-state index in [1.165, 1.54) is 163 Å². The normalized spacial score (nSPS) is 12.6. The molecule has 0 amide bonds. The fourth-order valence-electron chi connectivity index (χ4n) is 19.2. The molecule has 0 fully saturated rings. The summed E-state index contributed by atoms with van der Waals surface area (Å²) in [5, 5.41) is 5.08. The second kappa shape index (κ2) is 30.4. The van der Waals surface area contributed by atoms with Crippen molar-refractivity contribution in [3.63, 3.8) is 0 Å². The molecule has 0 unspecified atom stereocenters. The first-order valence-corrected chi connectivity index (χ1v) is 42.9. The van der Waals surface area contributed by atoms with Gasteiger partial charge < -0.3 is 9.80 Å². The summed E-state index contributed by atoms with van der Waals surface area (Å²) in [6.07, 6.45) is 0. The van der Waals surface area contributed by atoms with Gasteiger partial charge in [0.05, 0.1) is 10.8 Å². The average molecular weight is 1560 g/mol. The number of para-hydroxylation sites is 1. The summed E-state index contributed by atoms with van der Waals surface area (Å²) in [6.45, 7) is 0. The van der Waals surface area contributed by atoms with Gasteiger partial charge in [-0.1, -0.05) is 352 Å². The standard InChI is InChI=1S/C61H41NS.C55H37NS/c1-5-17-42(18-6-1)45-29-32-51(33-30-45)62(50-23-11-4-12-24-50)52-34-36-60-56(41-52)55-40-48(31-35-59(55)63-60)61(57-27-15-13-25-53(57)54-26-14-16-28-58(54)61)49-38-46(43-19-7-2-8-20-43)37-47(39-49)44-21-9-3-10-22-44;1-4-14-38(15-5-1)40-24-29-44(30-25-40)56(45-31-26-41(27-32-45)39-16-6-2-7-17-39)46-33-35-53-50(37-46)49-34-28-43(36-54(49)57-53)55(42-18-8-3-9-19-42)51-22-12-10-20-47(51)48-21-11-13-23-52(48)55/h1-41H;1-37H. The minimum atomic E-state index is -0.585. The molecule has 4 heteroatoms. The Balaban J connectivity index is 0.000000145. The predicted molar refractivity (Wildman–Crippen MR) is 510 cm³/mol. The first-order valence-electron chi connectivity index (χ1n) is 41.2. The van der Waals surface area contributed by atoms with E-state index in [1.54, 1.807) is 0 Å². The van der Waals surface area contributed by atoms with Crippen LogP contribution in [-0.4, -0.2) is 0 Å². The van der Waals surface area contributed by atoms with Crippen LogP contribution >= 0.6 is 22.7 Å². The topological polar surface area (TPSA) is 6.48 Å². The van der Waals surface area contributed by atoms with Crippen molar-refractivity contribution in [2.75, 3.05) is 9.80 Å². The fourth-order valence-corrected chi connectivity index (χ4v) is 21.4. The first kappa shape index (κ1) is 71.7. The van der Waals surface area contributed by atoms with E-state index >= 15 is 0 Å². The van der Waals surface area contributed by atoms with Crippen molar-refractivity contribution in [1.29, 1.82) is 0 Å². The number of hydrogen-bond donors (Lipinski definition) is 0. The predicted octanol–water partition coefficient (Wildman–Crippen LogP) is 32.1. The van der Waals surface area contributed by atoms with Gasteiger partial charge in [0.15, 0.2) is 0 Å². The van der Waals surface area contributed by atoms with Crippen LogP contribution < -0.4 is 9.80 Å². The van der Waals surface area contributed by atoms with Crippen molar-refractivity contribution < 1.29 is 0 Å². The van der Waals surface area contributed by atoms with Crippen LogP contribution in [0.2, 0.25) is 0 Å². The highest BCUT2D eigenvalue weighted by Crippen LogP contribution is 2.60. The van der Waals surface area contributed by atoms with E-state index in [9.17, 15) is 0 Å². The van der Waals surface area contributed by atoms with Crippen LogP contribution in [0.1, 0.15) is 44.5 Å². The Bertz CT molecular complexity index is 7120. The number of hydrogen-bond acceptors (Lipinski definition) is 4. The summed E-state index contributed by atoms with van der Waals surface area (Å²) in [5.41, 5.74) is 33.4. The maximum absolute atomic E-state index is 2.51. The van der Waals surface area contributed by atoms with Gasteiger partial charge in [0.2, 0.25) is 0 Å². The van der Waals surface area contributed by atoms with E-state index < -0.39 is 10.8 Å². The maximum atomic E-state index is 2.51. The Morgan fingerprint density at radius 1 is 0.150 bits per heavy atom. The van der Waals surface area contributed by atoms with E-state index in [1.807, 2.05) is 22.7 Å². The lowest BCUT2D eigenvalue weighted by molar-refractivity contribution is 0.770. The summed E-state index contributed by atoms with van der Waals surface area (Å²) in [7, 11) is 0. The van der Waals surface area contributed by atoms with Crippen LogP contribution in [-0.2, 0) is 10.8 Å². The minimum Gasteiger partial charge on any atom is -0.310 e. The molecule has 2 aliphatic carbocycles. The Labute approximate surface area is 708 Å². The summed E-state index contributed by atoms with van der Waals surface area (Å²) in [6, 6.07) is 174. The van der Waals surface area contributed by atoms with Crippen LogP contribution in [0, 0.1) is 0 Å². The Morgan fingerprint density at radius 3 is 0.825 bits per heavy atom. The molecule has 564 valence electrons.